The first kappa shape index (κ1) is 16.1. The second-order valence-electron chi connectivity index (χ2n) is 5.75. The highest BCUT2D eigenvalue weighted by Crippen LogP contribution is 2.35. The summed E-state index contributed by atoms with van der Waals surface area (Å²) in [6.07, 6.45) is 0.221. The number of fused-ring (bicyclic) bond motifs is 1. The predicted octanol–water partition coefficient (Wildman–Crippen LogP) is 1.53. The van der Waals surface area contributed by atoms with Crippen LogP contribution < -0.4 is 14.4 Å². The molecule has 2 aliphatic heterocycles. The van der Waals surface area contributed by atoms with Gasteiger partial charge in [-0.1, -0.05) is 13.8 Å². The van der Waals surface area contributed by atoms with E-state index in [1.165, 1.54) is 0 Å². The van der Waals surface area contributed by atoms with Gasteiger partial charge in [-0.15, -0.1) is 0 Å². The van der Waals surface area contributed by atoms with Crippen LogP contribution >= 0.6 is 0 Å². The SMILES string of the molecule is CCN(CC)CC(=O)N1CCOc2cc(OCC3CO3)ccc21. The molecule has 6 heteroatoms. The maximum atomic E-state index is 12.6. The number of hydrogen-bond donors (Lipinski definition) is 0. The first-order valence-corrected chi connectivity index (χ1v) is 8.25. The van der Waals surface area contributed by atoms with Gasteiger partial charge in [-0.2, -0.15) is 0 Å². The van der Waals surface area contributed by atoms with Gasteiger partial charge in [0.1, 0.15) is 30.8 Å². The van der Waals surface area contributed by atoms with Crippen molar-refractivity contribution >= 4 is 11.6 Å². The van der Waals surface area contributed by atoms with Crippen LogP contribution in [0.5, 0.6) is 11.5 Å². The Morgan fingerprint density at radius 2 is 2.17 bits per heavy atom. The second-order valence-corrected chi connectivity index (χ2v) is 5.75. The lowest BCUT2D eigenvalue weighted by atomic mass is 10.2. The van der Waals surface area contributed by atoms with Gasteiger partial charge in [0.05, 0.1) is 25.4 Å². The molecule has 1 amide bonds. The van der Waals surface area contributed by atoms with Crippen molar-refractivity contribution in [2.75, 3.05) is 50.9 Å². The fourth-order valence-corrected chi connectivity index (χ4v) is 2.63. The number of amides is 1. The number of hydrogen-bond acceptors (Lipinski definition) is 5. The quantitative estimate of drug-likeness (QED) is 0.713. The summed E-state index contributed by atoms with van der Waals surface area (Å²) in [5, 5.41) is 0. The summed E-state index contributed by atoms with van der Waals surface area (Å²) in [5.41, 5.74) is 0.823. The van der Waals surface area contributed by atoms with Gasteiger partial charge >= 0.3 is 0 Å². The number of anilines is 1. The van der Waals surface area contributed by atoms with E-state index in [9.17, 15) is 4.79 Å². The Morgan fingerprint density at radius 3 is 2.87 bits per heavy atom. The van der Waals surface area contributed by atoms with Gasteiger partial charge in [0.2, 0.25) is 5.91 Å². The molecule has 1 aromatic carbocycles. The monoisotopic (exact) mass is 320 g/mol. The zero-order chi connectivity index (χ0) is 16.2. The maximum Gasteiger partial charge on any atom is 0.241 e. The van der Waals surface area contributed by atoms with Gasteiger partial charge in [-0.3, -0.25) is 9.69 Å². The first-order valence-electron chi connectivity index (χ1n) is 8.25. The average Bonchev–Trinajstić information content (AvgIpc) is 3.41. The van der Waals surface area contributed by atoms with Crippen LogP contribution in [0.3, 0.4) is 0 Å². The third-order valence-electron chi connectivity index (χ3n) is 4.19. The van der Waals surface area contributed by atoms with Crippen molar-refractivity contribution in [2.24, 2.45) is 0 Å². The minimum absolute atomic E-state index is 0.110. The average molecular weight is 320 g/mol. The molecule has 2 heterocycles. The lowest BCUT2D eigenvalue weighted by molar-refractivity contribution is -0.119. The van der Waals surface area contributed by atoms with Crippen molar-refractivity contribution in [3.8, 4) is 11.5 Å². The molecule has 0 aromatic heterocycles. The molecular formula is C17H24N2O4. The van der Waals surface area contributed by atoms with E-state index >= 15 is 0 Å². The molecule has 0 saturated carbocycles. The van der Waals surface area contributed by atoms with E-state index in [2.05, 4.69) is 18.7 Å². The lowest BCUT2D eigenvalue weighted by Crippen LogP contribution is -2.44. The molecule has 1 atom stereocenters. The van der Waals surface area contributed by atoms with E-state index in [1.807, 2.05) is 23.1 Å². The molecule has 0 radical (unpaired) electrons. The zero-order valence-electron chi connectivity index (χ0n) is 13.8. The van der Waals surface area contributed by atoms with E-state index in [-0.39, 0.29) is 12.0 Å². The van der Waals surface area contributed by atoms with Crippen molar-refractivity contribution in [3.63, 3.8) is 0 Å². The Morgan fingerprint density at radius 1 is 1.39 bits per heavy atom. The molecule has 0 aliphatic carbocycles. The summed E-state index contributed by atoms with van der Waals surface area (Å²) in [4.78, 5) is 16.5. The Bertz CT molecular complexity index is 556. The first-order chi connectivity index (χ1) is 11.2. The fraction of sp³-hybridized carbons (Fsp3) is 0.588. The third-order valence-corrected chi connectivity index (χ3v) is 4.19. The number of ether oxygens (including phenoxy) is 3. The van der Waals surface area contributed by atoms with Crippen LogP contribution in [0.1, 0.15) is 13.8 Å². The van der Waals surface area contributed by atoms with Gasteiger partial charge in [0, 0.05) is 6.07 Å². The molecule has 0 spiro atoms. The molecule has 0 bridgehead atoms. The topological polar surface area (TPSA) is 54.5 Å². The summed E-state index contributed by atoms with van der Waals surface area (Å²) in [5.74, 6) is 1.56. The minimum atomic E-state index is 0.110. The van der Waals surface area contributed by atoms with Crippen LogP contribution in [0.25, 0.3) is 0 Å². The van der Waals surface area contributed by atoms with Crippen LogP contribution in [0, 0.1) is 0 Å². The number of carbonyl (C=O) groups is 1. The number of nitrogens with zero attached hydrogens (tertiary/aromatic N) is 2. The van der Waals surface area contributed by atoms with Crippen LogP contribution in [-0.2, 0) is 9.53 Å². The van der Waals surface area contributed by atoms with Crippen molar-refractivity contribution in [1.29, 1.82) is 0 Å². The summed E-state index contributed by atoms with van der Waals surface area (Å²) in [7, 11) is 0. The molecule has 23 heavy (non-hydrogen) atoms. The van der Waals surface area contributed by atoms with Crippen molar-refractivity contribution in [2.45, 2.75) is 20.0 Å². The predicted molar refractivity (Wildman–Crippen MR) is 87.3 cm³/mol. The number of benzene rings is 1. The molecule has 1 unspecified atom stereocenters. The van der Waals surface area contributed by atoms with E-state index < -0.39 is 0 Å². The van der Waals surface area contributed by atoms with Crippen LogP contribution in [-0.4, -0.2) is 62.9 Å². The summed E-state index contributed by atoms with van der Waals surface area (Å²) >= 11 is 0. The summed E-state index contributed by atoms with van der Waals surface area (Å²) < 4.78 is 16.5. The number of likely N-dealkylation sites (N-methyl/N-ethyl adjacent to an activating group) is 1. The van der Waals surface area contributed by atoms with Gasteiger partial charge in [-0.05, 0) is 25.2 Å². The largest absolute Gasteiger partial charge is 0.491 e. The normalized spacial score (nSPS) is 19.3. The molecule has 3 rings (SSSR count). The van der Waals surface area contributed by atoms with E-state index in [1.54, 1.807) is 0 Å². The Balaban J connectivity index is 1.69. The van der Waals surface area contributed by atoms with Crippen LogP contribution in [0.15, 0.2) is 18.2 Å². The third kappa shape index (κ3) is 3.95. The van der Waals surface area contributed by atoms with Gasteiger partial charge in [-0.25, -0.2) is 0 Å². The molecule has 1 aromatic rings. The number of rotatable bonds is 7. The molecule has 1 fully saturated rings. The Hall–Kier alpha value is -1.79. The molecule has 2 aliphatic rings. The smallest absolute Gasteiger partial charge is 0.241 e. The highest BCUT2D eigenvalue weighted by Gasteiger charge is 2.26. The van der Waals surface area contributed by atoms with Crippen molar-refractivity contribution < 1.29 is 19.0 Å². The highest BCUT2D eigenvalue weighted by molar-refractivity contribution is 5.96. The molecule has 0 N–H and O–H groups in total. The standard InChI is InChI=1S/C17H24N2O4/c1-3-18(4-2)10-17(20)19-7-8-21-16-9-13(5-6-15(16)19)22-11-14-12-23-14/h5-6,9,14H,3-4,7-8,10-12H2,1-2H3. The van der Waals surface area contributed by atoms with E-state index in [0.717, 1.165) is 31.1 Å². The fourth-order valence-electron chi connectivity index (χ4n) is 2.63. The lowest BCUT2D eigenvalue weighted by Gasteiger charge is -2.31. The molecule has 1 saturated heterocycles. The van der Waals surface area contributed by atoms with E-state index in [4.69, 9.17) is 14.2 Å². The van der Waals surface area contributed by atoms with Gasteiger partial charge in [0.25, 0.3) is 0 Å². The van der Waals surface area contributed by atoms with Crippen LogP contribution in [0.4, 0.5) is 5.69 Å². The zero-order valence-corrected chi connectivity index (χ0v) is 13.8. The van der Waals surface area contributed by atoms with E-state index in [0.29, 0.717) is 32.1 Å². The Labute approximate surface area is 136 Å². The number of carbonyl (C=O) groups excluding carboxylic acids is 1. The second kappa shape index (κ2) is 7.19. The molecule has 126 valence electrons. The van der Waals surface area contributed by atoms with Crippen LogP contribution in [0.2, 0.25) is 0 Å². The molecular weight excluding hydrogens is 296 g/mol. The van der Waals surface area contributed by atoms with Crippen molar-refractivity contribution in [3.05, 3.63) is 18.2 Å². The minimum Gasteiger partial charge on any atom is -0.491 e. The Kier molecular flexibility index (Phi) is 5.03. The number of epoxide rings is 1. The molecule has 6 nitrogen and oxygen atoms in total. The van der Waals surface area contributed by atoms with Crippen molar-refractivity contribution in [1.82, 2.24) is 4.90 Å². The summed E-state index contributed by atoms with van der Waals surface area (Å²) in [6, 6.07) is 5.64. The highest BCUT2D eigenvalue weighted by atomic mass is 16.6. The summed E-state index contributed by atoms with van der Waals surface area (Å²) in [6.45, 7) is 8.73. The van der Waals surface area contributed by atoms with Gasteiger partial charge < -0.3 is 19.1 Å². The maximum absolute atomic E-state index is 12.6. The van der Waals surface area contributed by atoms with Gasteiger partial charge in [0.15, 0.2) is 0 Å².